The Labute approximate surface area is 111 Å². The molecule has 19 heavy (non-hydrogen) atoms. The minimum Gasteiger partial charge on any atom is -0.491 e. The zero-order valence-corrected chi connectivity index (χ0v) is 11.3. The third-order valence-corrected chi connectivity index (χ3v) is 3.63. The summed E-state index contributed by atoms with van der Waals surface area (Å²) in [6, 6.07) is 3.96. The first-order valence-corrected chi connectivity index (χ1v) is 6.38. The van der Waals surface area contributed by atoms with Crippen LogP contribution < -0.4 is 10.3 Å². The predicted octanol–water partition coefficient (Wildman–Crippen LogP) is 2.16. The molecule has 0 amide bonds. The molecular weight excluding hydrogens is 240 g/mol. The minimum atomic E-state index is -0.164. The Bertz CT molecular complexity index is 717. The van der Waals surface area contributed by atoms with Crippen molar-refractivity contribution in [3.8, 4) is 16.9 Å². The van der Waals surface area contributed by atoms with Crippen LogP contribution in [0.4, 0.5) is 0 Å². The van der Waals surface area contributed by atoms with Crippen molar-refractivity contribution >= 4 is 0 Å². The average molecular weight is 256 g/mol. The summed E-state index contributed by atoms with van der Waals surface area (Å²) in [6.45, 7) is 4.02. The quantitative estimate of drug-likeness (QED) is 0.850. The summed E-state index contributed by atoms with van der Waals surface area (Å²) in [5, 5.41) is 0. The van der Waals surface area contributed by atoms with Crippen molar-refractivity contribution in [1.29, 1.82) is 0 Å². The molecule has 3 rings (SSSR count). The molecule has 0 radical (unpaired) electrons. The summed E-state index contributed by atoms with van der Waals surface area (Å²) < 4.78 is 5.13. The lowest BCUT2D eigenvalue weighted by molar-refractivity contribution is 0.408. The molecule has 0 aliphatic heterocycles. The molecule has 1 aliphatic rings. The second kappa shape index (κ2) is 4.23. The molecule has 0 spiro atoms. The third kappa shape index (κ3) is 1.84. The van der Waals surface area contributed by atoms with Gasteiger partial charge in [-0.2, -0.15) is 0 Å². The first-order valence-electron chi connectivity index (χ1n) is 6.38. The number of fused-ring (bicyclic) bond motifs is 3. The van der Waals surface area contributed by atoms with Crippen LogP contribution in [0.3, 0.4) is 0 Å². The number of methoxy groups -OCH3 is 1. The number of nitrogens with zero attached hydrogens (tertiary/aromatic N) is 1. The highest BCUT2D eigenvalue weighted by molar-refractivity contribution is 5.74. The van der Waals surface area contributed by atoms with Gasteiger partial charge in [0.05, 0.1) is 7.11 Å². The molecule has 2 aromatic rings. The molecule has 98 valence electrons. The van der Waals surface area contributed by atoms with Crippen LogP contribution in [0.2, 0.25) is 0 Å². The van der Waals surface area contributed by atoms with E-state index < -0.39 is 0 Å². The average Bonchev–Trinajstić information content (AvgIpc) is 2.37. The number of aryl methyl sites for hydroxylation is 4. The standard InChI is InChI=1S/C15H16N2O2/c1-8-6-10-4-5-12-11(14(10)9(2)16-8)7-13(19-3)15(18)17-12/h6-7H,4-5H2,1-3H3,(H,17,18). The Morgan fingerprint density at radius 3 is 2.79 bits per heavy atom. The van der Waals surface area contributed by atoms with E-state index in [1.807, 2.05) is 19.9 Å². The van der Waals surface area contributed by atoms with Crippen LogP contribution in [0.5, 0.6) is 5.75 Å². The van der Waals surface area contributed by atoms with Crippen molar-refractivity contribution in [3.05, 3.63) is 45.1 Å². The van der Waals surface area contributed by atoms with Gasteiger partial charge in [0.1, 0.15) is 0 Å². The van der Waals surface area contributed by atoms with E-state index in [-0.39, 0.29) is 5.56 Å². The molecule has 4 nitrogen and oxygen atoms in total. The summed E-state index contributed by atoms with van der Waals surface area (Å²) in [4.78, 5) is 19.2. The lowest BCUT2D eigenvalue weighted by Crippen LogP contribution is -2.17. The number of aromatic nitrogens is 2. The monoisotopic (exact) mass is 256 g/mol. The van der Waals surface area contributed by atoms with Gasteiger partial charge in [-0.05, 0) is 44.4 Å². The number of pyridine rings is 2. The smallest absolute Gasteiger partial charge is 0.290 e. The van der Waals surface area contributed by atoms with Crippen LogP contribution >= 0.6 is 0 Å². The lowest BCUT2D eigenvalue weighted by atomic mass is 9.87. The zero-order valence-electron chi connectivity index (χ0n) is 11.3. The van der Waals surface area contributed by atoms with Crippen LogP contribution in [-0.2, 0) is 12.8 Å². The number of H-pyrrole nitrogens is 1. The van der Waals surface area contributed by atoms with Crippen LogP contribution in [-0.4, -0.2) is 17.1 Å². The topological polar surface area (TPSA) is 55.0 Å². The van der Waals surface area contributed by atoms with E-state index in [4.69, 9.17) is 4.74 Å². The second-order valence-corrected chi connectivity index (χ2v) is 4.94. The molecular formula is C15H16N2O2. The van der Waals surface area contributed by atoms with Crippen LogP contribution in [0, 0.1) is 13.8 Å². The zero-order chi connectivity index (χ0) is 13.6. The van der Waals surface area contributed by atoms with E-state index in [0.29, 0.717) is 5.75 Å². The highest BCUT2D eigenvalue weighted by Gasteiger charge is 2.21. The molecule has 4 heteroatoms. The summed E-state index contributed by atoms with van der Waals surface area (Å²) >= 11 is 0. The number of ether oxygens (including phenoxy) is 1. The van der Waals surface area contributed by atoms with Gasteiger partial charge in [0.2, 0.25) is 0 Å². The Balaban J connectivity index is 2.31. The van der Waals surface area contributed by atoms with Gasteiger partial charge >= 0.3 is 0 Å². The molecule has 0 unspecified atom stereocenters. The Morgan fingerprint density at radius 2 is 2.05 bits per heavy atom. The molecule has 1 N–H and O–H groups in total. The Kier molecular flexibility index (Phi) is 2.66. The van der Waals surface area contributed by atoms with Crippen molar-refractivity contribution < 1.29 is 4.74 Å². The molecule has 0 bridgehead atoms. The number of hydrogen-bond donors (Lipinski definition) is 1. The van der Waals surface area contributed by atoms with Gasteiger partial charge in [0.25, 0.3) is 5.56 Å². The molecule has 0 aromatic carbocycles. The highest BCUT2D eigenvalue weighted by atomic mass is 16.5. The van der Waals surface area contributed by atoms with Crippen LogP contribution in [0.1, 0.15) is 22.6 Å². The fourth-order valence-electron chi connectivity index (χ4n) is 2.86. The van der Waals surface area contributed by atoms with E-state index >= 15 is 0 Å². The summed E-state index contributed by atoms with van der Waals surface area (Å²) in [5.74, 6) is 0.353. The normalized spacial score (nSPS) is 12.8. The highest BCUT2D eigenvalue weighted by Crippen LogP contribution is 2.35. The Hall–Kier alpha value is -2.10. The summed E-state index contributed by atoms with van der Waals surface area (Å²) in [6.07, 6.45) is 1.79. The molecule has 2 heterocycles. The molecule has 0 saturated carbocycles. The number of hydrogen-bond acceptors (Lipinski definition) is 3. The maximum Gasteiger partial charge on any atom is 0.290 e. The van der Waals surface area contributed by atoms with E-state index in [9.17, 15) is 4.79 Å². The van der Waals surface area contributed by atoms with Gasteiger partial charge in [-0.1, -0.05) is 0 Å². The second-order valence-electron chi connectivity index (χ2n) is 4.94. The number of rotatable bonds is 1. The van der Waals surface area contributed by atoms with E-state index in [1.54, 1.807) is 0 Å². The van der Waals surface area contributed by atoms with Crippen LogP contribution in [0.25, 0.3) is 11.1 Å². The molecule has 2 aromatic heterocycles. The fraction of sp³-hybridized carbons (Fsp3) is 0.333. The summed E-state index contributed by atoms with van der Waals surface area (Å²) in [5.41, 5.74) is 6.34. The van der Waals surface area contributed by atoms with Gasteiger partial charge in [-0.3, -0.25) is 9.78 Å². The van der Waals surface area contributed by atoms with Gasteiger partial charge in [0, 0.05) is 28.2 Å². The van der Waals surface area contributed by atoms with Crippen molar-refractivity contribution in [1.82, 2.24) is 9.97 Å². The minimum absolute atomic E-state index is 0.164. The first kappa shape index (κ1) is 12.0. The van der Waals surface area contributed by atoms with Gasteiger partial charge in [-0.25, -0.2) is 0 Å². The van der Waals surface area contributed by atoms with E-state index in [1.165, 1.54) is 12.7 Å². The van der Waals surface area contributed by atoms with Crippen molar-refractivity contribution in [3.63, 3.8) is 0 Å². The van der Waals surface area contributed by atoms with Crippen molar-refractivity contribution in [2.75, 3.05) is 7.11 Å². The SMILES string of the molecule is COc1cc2c([nH]c1=O)CCc1cc(C)nc(C)c1-2. The van der Waals surface area contributed by atoms with E-state index in [0.717, 1.165) is 41.1 Å². The third-order valence-electron chi connectivity index (χ3n) is 3.63. The summed E-state index contributed by atoms with van der Waals surface area (Å²) in [7, 11) is 1.51. The first-order chi connectivity index (χ1) is 9.10. The largest absolute Gasteiger partial charge is 0.491 e. The molecule has 0 saturated heterocycles. The van der Waals surface area contributed by atoms with E-state index in [2.05, 4.69) is 16.0 Å². The Morgan fingerprint density at radius 1 is 1.26 bits per heavy atom. The number of aromatic amines is 1. The van der Waals surface area contributed by atoms with Crippen molar-refractivity contribution in [2.45, 2.75) is 26.7 Å². The maximum atomic E-state index is 11.8. The fourth-order valence-corrected chi connectivity index (χ4v) is 2.86. The van der Waals surface area contributed by atoms with Gasteiger partial charge in [0.15, 0.2) is 5.75 Å². The van der Waals surface area contributed by atoms with Gasteiger partial charge in [-0.15, -0.1) is 0 Å². The molecule has 0 atom stereocenters. The maximum absolute atomic E-state index is 11.8. The lowest BCUT2D eigenvalue weighted by Gasteiger charge is -2.21. The number of nitrogens with one attached hydrogen (secondary N) is 1. The van der Waals surface area contributed by atoms with Crippen molar-refractivity contribution in [2.24, 2.45) is 0 Å². The molecule has 1 aliphatic carbocycles. The predicted molar refractivity (Wildman–Crippen MR) is 73.7 cm³/mol. The molecule has 0 fully saturated rings. The van der Waals surface area contributed by atoms with Crippen LogP contribution in [0.15, 0.2) is 16.9 Å². The van der Waals surface area contributed by atoms with Gasteiger partial charge < -0.3 is 9.72 Å².